The summed E-state index contributed by atoms with van der Waals surface area (Å²) >= 11 is 6.44. The molecule has 1 aliphatic rings. The smallest absolute Gasteiger partial charge is 0.294 e. The summed E-state index contributed by atoms with van der Waals surface area (Å²) in [5.41, 5.74) is 2.12. The highest BCUT2D eigenvalue weighted by Crippen LogP contribution is 2.36. The van der Waals surface area contributed by atoms with Crippen molar-refractivity contribution in [2.75, 3.05) is 18.5 Å². The van der Waals surface area contributed by atoms with Gasteiger partial charge in [-0.05, 0) is 73.1 Å². The molecule has 0 radical (unpaired) electrons. The predicted octanol–water partition coefficient (Wildman–Crippen LogP) is 5.44. The van der Waals surface area contributed by atoms with Gasteiger partial charge in [-0.3, -0.25) is 19.3 Å². The molecule has 0 bridgehead atoms. The van der Waals surface area contributed by atoms with Crippen molar-refractivity contribution in [2.45, 2.75) is 13.8 Å². The van der Waals surface area contributed by atoms with Crippen LogP contribution in [0.1, 0.15) is 18.1 Å². The monoisotopic (exact) mass is 542 g/mol. The third-order valence-corrected chi connectivity index (χ3v) is 6.05. The molecule has 3 aromatic rings. The zero-order valence-electron chi connectivity index (χ0n) is 19.7. The van der Waals surface area contributed by atoms with Gasteiger partial charge in [0.25, 0.3) is 17.0 Å². The highest BCUT2D eigenvalue weighted by molar-refractivity contribution is 8.18. The van der Waals surface area contributed by atoms with Crippen LogP contribution in [0.4, 0.5) is 14.9 Å². The zero-order valence-corrected chi connectivity index (χ0v) is 21.2. The fourth-order valence-corrected chi connectivity index (χ4v) is 4.21. The molecule has 2 aromatic carbocycles. The lowest BCUT2D eigenvalue weighted by atomic mass is 10.2. The number of rotatable bonds is 8. The summed E-state index contributed by atoms with van der Waals surface area (Å²) in [5, 5.41) is 1.92. The Morgan fingerprint density at radius 2 is 1.95 bits per heavy atom. The molecule has 0 unspecified atom stereocenters. The topological polar surface area (TPSA) is 111 Å². The van der Waals surface area contributed by atoms with Crippen LogP contribution in [-0.4, -0.2) is 45.1 Å². The van der Waals surface area contributed by atoms with E-state index < -0.39 is 29.4 Å². The Kier molecular flexibility index (Phi) is 8.04. The lowest BCUT2D eigenvalue weighted by Crippen LogP contribution is -2.36. The third kappa shape index (κ3) is 6.43. The summed E-state index contributed by atoms with van der Waals surface area (Å²) < 4.78 is 25.1. The minimum absolute atomic E-state index is 0.137. The Morgan fingerprint density at radius 3 is 2.68 bits per heavy atom. The summed E-state index contributed by atoms with van der Waals surface area (Å²) in [7, 11) is 0. The quantitative estimate of drug-likeness (QED) is 0.296. The summed E-state index contributed by atoms with van der Waals surface area (Å²) in [5.74, 6) is -1.86. The number of aryl methyl sites for hydroxylation is 1. The molecule has 0 aliphatic carbocycles. The minimum Gasteiger partial charge on any atom is -0.490 e. The van der Waals surface area contributed by atoms with Gasteiger partial charge in [-0.1, -0.05) is 23.8 Å². The summed E-state index contributed by atoms with van der Waals surface area (Å²) in [6.07, 6.45) is 2.38. The van der Waals surface area contributed by atoms with Crippen LogP contribution in [0.25, 0.3) is 6.08 Å². The van der Waals surface area contributed by atoms with Crippen molar-refractivity contribution >= 4 is 52.2 Å². The van der Waals surface area contributed by atoms with Gasteiger partial charge in [-0.2, -0.15) is 9.37 Å². The minimum atomic E-state index is -0.809. The van der Waals surface area contributed by atoms with Crippen LogP contribution >= 0.6 is 23.4 Å². The largest absolute Gasteiger partial charge is 0.490 e. The predicted molar refractivity (Wildman–Crippen MR) is 137 cm³/mol. The molecule has 1 saturated heterocycles. The van der Waals surface area contributed by atoms with Crippen LogP contribution in [0, 0.1) is 12.7 Å². The molecule has 9 nitrogen and oxygen atoms in total. The zero-order chi connectivity index (χ0) is 26.5. The van der Waals surface area contributed by atoms with Crippen molar-refractivity contribution in [1.29, 1.82) is 0 Å². The van der Waals surface area contributed by atoms with Crippen molar-refractivity contribution in [3.05, 3.63) is 75.8 Å². The van der Waals surface area contributed by atoms with E-state index in [4.69, 9.17) is 21.1 Å². The number of nitrogens with one attached hydrogen (secondary N) is 1. The average molecular weight is 543 g/mol. The maximum Gasteiger partial charge on any atom is 0.294 e. The van der Waals surface area contributed by atoms with Crippen LogP contribution < -0.4 is 14.8 Å². The Bertz CT molecular complexity index is 1400. The molecular formula is C25H20ClFN4O5S. The van der Waals surface area contributed by atoms with E-state index in [0.717, 1.165) is 28.4 Å². The van der Waals surface area contributed by atoms with Gasteiger partial charge in [0.15, 0.2) is 11.5 Å². The number of hydrogen-bond acceptors (Lipinski definition) is 8. The van der Waals surface area contributed by atoms with Gasteiger partial charge in [-0.25, -0.2) is 4.98 Å². The van der Waals surface area contributed by atoms with Gasteiger partial charge < -0.3 is 14.8 Å². The van der Waals surface area contributed by atoms with E-state index >= 15 is 0 Å². The Balaban J connectivity index is 1.49. The molecule has 1 aromatic heterocycles. The molecule has 12 heteroatoms. The highest BCUT2D eigenvalue weighted by Gasteiger charge is 2.36. The standard InChI is InChI=1S/C25H20ClFN4O5S/c1-3-35-19-10-15(6-9-18(19)36-22-17(27)12-28-24(26)30-22)11-20-23(33)31(25(34)37-20)13-21(32)29-16-7-4-14(2)5-8-16/h4-12H,3,13H2,1-2H3,(H,29,32)/b20-11+. The average Bonchev–Trinajstić information content (AvgIpc) is 3.11. The molecule has 0 atom stereocenters. The number of aromatic nitrogens is 2. The molecule has 1 N–H and O–H groups in total. The molecule has 1 fully saturated rings. The second kappa shape index (κ2) is 11.4. The normalized spacial score (nSPS) is 14.3. The van der Waals surface area contributed by atoms with Crippen molar-refractivity contribution < 1.29 is 28.2 Å². The van der Waals surface area contributed by atoms with Gasteiger partial charge in [0.05, 0.1) is 17.7 Å². The molecule has 0 saturated carbocycles. The lowest BCUT2D eigenvalue weighted by molar-refractivity contribution is -0.127. The summed E-state index contributed by atoms with van der Waals surface area (Å²) in [4.78, 5) is 46.0. The van der Waals surface area contributed by atoms with Crippen molar-refractivity contribution in [1.82, 2.24) is 14.9 Å². The van der Waals surface area contributed by atoms with Crippen molar-refractivity contribution in [3.8, 4) is 17.4 Å². The van der Waals surface area contributed by atoms with E-state index in [1.54, 1.807) is 31.2 Å². The fourth-order valence-electron chi connectivity index (χ4n) is 3.24. The number of benzene rings is 2. The summed E-state index contributed by atoms with van der Waals surface area (Å²) in [6.45, 7) is 3.54. The molecule has 190 valence electrons. The van der Waals surface area contributed by atoms with E-state index in [1.807, 2.05) is 19.1 Å². The van der Waals surface area contributed by atoms with Gasteiger partial charge >= 0.3 is 0 Å². The number of imide groups is 1. The first kappa shape index (κ1) is 26.1. The van der Waals surface area contributed by atoms with E-state index in [-0.39, 0.29) is 34.2 Å². The maximum atomic E-state index is 14.0. The SMILES string of the molecule is CCOc1cc(/C=C2/SC(=O)N(CC(=O)Nc3ccc(C)cc3)C2=O)ccc1Oc1nc(Cl)ncc1F. The number of hydrogen-bond donors (Lipinski definition) is 1. The first-order chi connectivity index (χ1) is 17.7. The second-order valence-electron chi connectivity index (χ2n) is 7.72. The van der Waals surface area contributed by atoms with Crippen LogP contribution in [0.15, 0.2) is 53.6 Å². The van der Waals surface area contributed by atoms with E-state index in [1.165, 1.54) is 12.1 Å². The van der Waals surface area contributed by atoms with Crippen LogP contribution in [0.5, 0.6) is 17.4 Å². The number of carbonyl (C=O) groups excluding carboxylic acids is 3. The lowest BCUT2D eigenvalue weighted by Gasteiger charge is -2.13. The Hall–Kier alpha value is -3.96. The first-order valence-corrected chi connectivity index (χ1v) is 12.2. The molecule has 4 rings (SSSR count). The van der Waals surface area contributed by atoms with Crippen LogP contribution in [-0.2, 0) is 9.59 Å². The molecular weight excluding hydrogens is 523 g/mol. The maximum absolute atomic E-state index is 14.0. The third-order valence-electron chi connectivity index (χ3n) is 4.97. The summed E-state index contributed by atoms with van der Waals surface area (Å²) in [6, 6.07) is 11.8. The van der Waals surface area contributed by atoms with Gasteiger partial charge in [0.1, 0.15) is 6.54 Å². The first-order valence-electron chi connectivity index (χ1n) is 11.0. The van der Waals surface area contributed by atoms with Gasteiger partial charge in [-0.15, -0.1) is 0 Å². The Morgan fingerprint density at radius 1 is 1.19 bits per heavy atom. The molecule has 37 heavy (non-hydrogen) atoms. The number of ether oxygens (including phenoxy) is 2. The Labute approximate surface area is 220 Å². The number of carbonyl (C=O) groups is 3. The molecule has 3 amide bonds. The molecule has 1 aliphatic heterocycles. The highest BCUT2D eigenvalue weighted by atomic mass is 35.5. The number of thioether (sulfide) groups is 1. The second-order valence-corrected chi connectivity index (χ2v) is 9.05. The van der Waals surface area contributed by atoms with E-state index in [9.17, 15) is 18.8 Å². The van der Waals surface area contributed by atoms with Crippen molar-refractivity contribution in [2.24, 2.45) is 0 Å². The molecule has 2 heterocycles. The number of halogens is 2. The van der Waals surface area contributed by atoms with Gasteiger partial charge in [0, 0.05) is 5.69 Å². The van der Waals surface area contributed by atoms with E-state index in [0.29, 0.717) is 11.3 Å². The van der Waals surface area contributed by atoms with Gasteiger partial charge in [0.2, 0.25) is 17.0 Å². The fraction of sp³-hybridized carbons (Fsp3) is 0.160. The van der Waals surface area contributed by atoms with Crippen LogP contribution in [0.3, 0.4) is 0 Å². The molecule has 0 spiro atoms. The number of nitrogens with zero attached hydrogens (tertiary/aromatic N) is 3. The van der Waals surface area contributed by atoms with E-state index in [2.05, 4.69) is 15.3 Å². The number of anilines is 1. The number of amides is 3. The van der Waals surface area contributed by atoms with Crippen LogP contribution in [0.2, 0.25) is 5.28 Å². The van der Waals surface area contributed by atoms with Crippen molar-refractivity contribution in [3.63, 3.8) is 0 Å².